The summed E-state index contributed by atoms with van der Waals surface area (Å²) in [5.41, 5.74) is 3.44. The first kappa shape index (κ1) is 8.76. The van der Waals surface area contributed by atoms with Gasteiger partial charge in [-0.15, -0.1) is 0 Å². The number of rotatable bonds is 0. The number of fused-ring (bicyclic) bond motifs is 1. The average molecular weight is 176 g/mol. The van der Waals surface area contributed by atoms with Gasteiger partial charge in [0.2, 0.25) is 0 Å². The molecule has 0 saturated carbocycles. The van der Waals surface area contributed by atoms with Crippen molar-refractivity contribution in [3.8, 4) is 0 Å². The van der Waals surface area contributed by atoms with Crippen molar-refractivity contribution in [3.05, 3.63) is 35.4 Å². The maximum Gasteiger partial charge on any atom is 0.117 e. The smallest absolute Gasteiger partial charge is 0.117 e. The van der Waals surface area contributed by atoms with Gasteiger partial charge in [-0.05, 0) is 27.7 Å². The van der Waals surface area contributed by atoms with Gasteiger partial charge in [0.1, 0.15) is 11.1 Å². The molecular formula is C12H18N+. The van der Waals surface area contributed by atoms with Crippen molar-refractivity contribution in [2.45, 2.75) is 38.8 Å². The summed E-state index contributed by atoms with van der Waals surface area (Å²) in [5, 5.41) is 2.45. The van der Waals surface area contributed by atoms with E-state index in [0.29, 0.717) is 0 Å². The summed E-state index contributed by atoms with van der Waals surface area (Å²) in [6, 6.07) is 8.77. The summed E-state index contributed by atoms with van der Waals surface area (Å²) in [7, 11) is 0. The Hall–Kier alpha value is -0.820. The highest BCUT2D eigenvalue weighted by Gasteiger charge is 2.44. The maximum absolute atomic E-state index is 2.45. The second-order valence-corrected chi connectivity index (χ2v) is 5.13. The molecule has 0 saturated heterocycles. The zero-order valence-electron chi connectivity index (χ0n) is 8.89. The Morgan fingerprint density at radius 2 is 1.23 bits per heavy atom. The molecule has 1 aromatic rings. The molecule has 70 valence electrons. The highest BCUT2D eigenvalue weighted by Crippen LogP contribution is 2.33. The van der Waals surface area contributed by atoms with Gasteiger partial charge in [-0.1, -0.05) is 24.3 Å². The van der Waals surface area contributed by atoms with Crippen LogP contribution in [-0.4, -0.2) is 0 Å². The summed E-state index contributed by atoms with van der Waals surface area (Å²) in [5.74, 6) is 0. The minimum atomic E-state index is 0.236. The summed E-state index contributed by atoms with van der Waals surface area (Å²) in [4.78, 5) is 0. The summed E-state index contributed by atoms with van der Waals surface area (Å²) < 4.78 is 0. The molecule has 0 bridgehead atoms. The number of nitrogens with two attached hydrogens (primary N) is 1. The lowest BCUT2D eigenvalue weighted by Gasteiger charge is -2.21. The van der Waals surface area contributed by atoms with Gasteiger partial charge >= 0.3 is 0 Å². The van der Waals surface area contributed by atoms with Crippen LogP contribution in [0.25, 0.3) is 0 Å². The molecular weight excluding hydrogens is 158 g/mol. The molecule has 0 spiro atoms. The van der Waals surface area contributed by atoms with E-state index >= 15 is 0 Å². The van der Waals surface area contributed by atoms with Crippen molar-refractivity contribution in [1.82, 2.24) is 0 Å². The molecule has 1 aliphatic heterocycles. The minimum absolute atomic E-state index is 0.236. The molecule has 0 aliphatic carbocycles. The number of quaternary nitrogens is 1. The van der Waals surface area contributed by atoms with E-state index in [9.17, 15) is 0 Å². The van der Waals surface area contributed by atoms with Crippen molar-refractivity contribution < 1.29 is 5.32 Å². The van der Waals surface area contributed by atoms with Crippen LogP contribution >= 0.6 is 0 Å². The summed E-state index contributed by atoms with van der Waals surface area (Å²) in [6.45, 7) is 9.17. The van der Waals surface area contributed by atoms with Gasteiger partial charge < -0.3 is 5.32 Å². The lowest BCUT2D eigenvalue weighted by molar-refractivity contribution is -0.783. The lowest BCUT2D eigenvalue weighted by Crippen LogP contribution is -2.97. The van der Waals surface area contributed by atoms with Crippen molar-refractivity contribution in [3.63, 3.8) is 0 Å². The van der Waals surface area contributed by atoms with Crippen LogP contribution < -0.4 is 5.32 Å². The number of hydrogen-bond acceptors (Lipinski definition) is 0. The Bertz CT molecular complexity index is 304. The monoisotopic (exact) mass is 176 g/mol. The Labute approximate surface area is 80.2 Å². The van der Waals surface area contributed by atoms with Crippen LogP contribution in [0.15, 0.2) is 24.3 Å². The molecule has 1 aliphatic rings. The standard InChI is InChI=1S/C12H17N/c1-11(2)9-7-5-6-8-10(9)12(3,4)13-11/h5-8,13H,1-4H3/p+1. The molecule has 0 fully saturated rings. The van der Waals surface area contributed by atoms with Gasteiger partial charge in [-0.3, -0.25) is 0 Å². The van der Waals surface area contributed by atoms with E-state index in [0.717, 1.165) is 0 Å². The van der Waals surface area contributed by atoms with Gasteiger partial charge in [-0.2, -0.15) is 0 Å². The molecule has 0 amide bonds. The average Bonchev–Trinajstić information content (AvgIpc) is 2.20. The first-order valence-corrected chi connectivity index (χ1v) is 4.90. The second kappa shape index (κ2) is 2.36. The molecule has 2 N–H and O–H groups in total. The van der Waals surface area contributed by atoms with Crippen LogP contribution in [0.3, 0.4) is 0 Å². The van der Waals surface area contributed by atoms with Gasteiger partial charge in [0.25, 0.3) is 0 Å². The predicted molar refractivity (Wildman–Crippen MR) is 54.4 cm³/mol. The topological polar surface area (TPSA) is 16.6 Å². The fourth-order valence-corrected chi connectivity index (χ4v) is 2.66. The molecule has 1 heterocycles. The molecule has 1 nitrogen and oxygen atoms in total. The van der Waals surface area contributed by atoms with Gasteiger partial charge in [0.15, 0.2) is 0 Å². The van der Waals surface area contributed by atoms with Crippen molar-refractivity contribution in [2.75, 3.05) is 0 Å². The van der Waals surface area contributed by atoms with E-state index in [4.69, 9.17) is 0 Å². The zero-order chi connectivity index (χ0) is 9.69. The third-order valence-corrected chi connectivity index (χ3v) is 3.04. The summed E-state index contributed by atoms with van der Waals surface area (Å²) in [6.07, 6.45) is 0. The Balaban J connectivity index is 2.64. The van der Waals surface area contributed by atoms with Crippen LogP contribution in [0.5, 0.6) is 0 Å². The largest absolute Gasteiger partial charge is 0.330 e. The van der Waals surface area contributed by atoms with E-state index in [2.05, 4.69) is 57.3 Å². The predicted octanol–water partition coefficient (Wildman–Crippen LogP) is 1.73. The Morgan fingerprint density at radius 1 is 0.846 bits per heavy atom. The van der Waals surface area contributed by atoms with Crippen LogP contribution in [0.4, 0.5) is 0 Å². The van der Waals surface area contributed by atoms with Crippen LogP contribution in [0.1, 0.15) is 38.8 Å². The summed E-state index contributed by atoms with van der Waals surface area (Å²) >= 11 is 0. The van der Waals surface area contributed by atoms with Crippen LogP contribution in [0.2, 0.25) is 0 Å². The molecule has 0 radical (unpaired) electrons. The van der Waals surface area contributed by atoms with E-state index < -0.39 is 0 Å². The number of hydrogen-bond donors (Lipinski definition) is 1. The highest BCUT2D eigenvalue weighted by atomic mass is 15.1. The molecule has 13 heavy (non-hydrogen) atoms. The third-order valence-electron chi connectivity index (χ3n) is 3.04. The van der Waals surface area contributed by atoms with Gasteiger partial charge in [0, 0.05) is 11.1 Å². The molecule has 0 aromatic heterocycles. The molecule has 1 heteroatoms. The second-order valence-electron chi connectivity index (χ2n) is 5.13. The van der Waals surface area contributed by atoms with Gasteiger partial charge in [-0.25, -0.2) is 0 Å². The highest BCUT2D eigenvalue weighted by molar-refractivity contribution is 5.37. The van der Waals surface area contributed by atoms with Gasteiger partial charge in [0.05, 0.1) is 0 Å². The minimum Gasteiger partial charge on any atom is -0.330 e. The van der Waals surface area contributed by atoms with Crippen LogP contribution in [0, 0.1) is 0 Å². The fraction of sp³-hybridized carbons (Fsp3) is 0.500. The van der Waals surface area contributed by atoms with E-state index in [1.165, 1.54) is 11.1 Å². The molecule has 1 aromatic carbocycles. The normalized spacial score (nSPS) is 22.8. The number of benzene rings is 1. The first-order chi connectivity index (χ1) is 5.93. The van der Waals surface area contributed by atoms with E-state index in [1.54, 1.807) is 0 Å². The third kappa shape index (κ3) is 1.19. The lowest BCUT2D eigenvalue weighted by atomic mass is 9.91. The van der Waals surface area contributed by atoms with E-state index in [1.807, 2.05) is 0 Å². The first-order valence-electron chi connectivity index (χ1n) is 4.90. The van der Waals surface area contributed by atoms with Crippen LogP contribution in [-0.2, 0) is 11.1 Å². The fourth-order valence-electron chi connectivity index (χ4n) is 2.66. The molecule has 0 unspecified atom stereocenters. The Kier molecular flexibility index (Phi) is 1.59. The maximum atomic E-state index is 2.45. The zero-order valence-corrected chi connectivity index (χ0v) is 8.89. The van der Waals surface area contributed by atoms with E-state index in [-0.39, 0.29) is 11.1 Å². The Morgan fingerprint density at radius 3 is 1.62 bits per heavy atom. The van der Waals surface area contributed by atoms with Crippen molar-refractivity contribution in [2.24, 2.45) is 0 Å². The quantitative estimate of drug-likeness (QED) is 0.620. The SMILES string of the molecule is CC1(C)[NH2+]C(C)(C)c2ccccc21. The van der Waals surface area contributed by atoms with Crippen molar-refractivity contribution >= 4 is 0 Å². The molecule has 2 rings (SSSR count). The van der Waals surface area contributed by atoms with Crippen molar-refractivity contribution in [1.29, 1.82) is 0 Å². The molecule has 0 atom stereocenters.